The van der Waals surface area contributed by atoms with E-state index in [1.807, 2.05) is 6.92 Å². The smallest absolute Gasteiger partial charge is 0.146 e. The monoisotopic (exact) mass is 356 g/mol. The highest BCUT2D eigenvalue weighted by Crippen LogP contribution is 2.29. The van der Waals surface area contributed by atoms with Crippen molar-refractivity contribution >= 4 is 15.9 Å². The van der Waals surface area contributed by atoms with Crippen molar-refractivity contribution in [1.29, 1.82) is 0 Å². The molecule has 0 radical (unpaired) electrons. The molecule has 1 N–H and O–H groups in total. The predicted molar refractivity (Wildman–Crippen MR) is 80.1 cm³/mol. The Morgan fingerprint density at radius 3 is 2.62 bits per heavy atom. The van der Waals surface area contributed by atoms with Crippen molar-refractivity contribution in [2.75, 3.05) is 0 Å². The van der Waals surface area contributed by atoms with Crippen LogP contribution in [0, 0.1) is 11.6 Å². The van der Waals surface area contributed by atoms with Crippen LogP contribution in [-0.4, -0.2) is 5.11 Å². The summed E-state index contributed by atoms with van der Waals surface area (Å²) in [6.07, 6.45) is -0.140. The molecule has 1 atom stereocenters. The number of hydrogen-bond acceptors (Lipinski definition) is 2. The highest BCUT2D eigenvalue weighted by molar-refractivity contribution is 9.10. The minimum Gasteiger partial charge on any atom is -0.488 e. The molecule has 0 bridgehead atoms. The van der Waals surface area contributed by atoms with Crippen molar-refractivity contribution in [1.82, 2.24) is 0 Å². The zero-order chi connectivity index (χ0) is 15.4. The third kappa shape index (κ3) is 3.60. The minimum atomic E-state index is -0.677. The molecule has 0 aliphatic rings. The van der Waals surface area contributed by atoms with E-state index in [0.29, 0.717) is 17.7 Å². The Bertz CT molecular complexity index is 632. The first-order chi connectivity index (χ1) is 10.0. The van der Waals surface area contributed by atoms with Crippen molar-refractivity contribution in [3.63, 3.8) is 0 Å². The van der Waals surface area contributed by atoms with Crippen LogP contribution in [0.5, 0.6) is 5.75 Å². The molecule has 112 valence electrons. The molecule has 2 aromatic carbocycles. The van der Waals surface area contributed by atoms with Gasteiger partial charge in [-0.2, -0.15) is 0 Å². The summed E-state index contributed by atoms with van der Waals surface area (Å²) in [7, 11) is 0. The van der Waals surface area contributed by atoms with Crippen molar-refractivity contribution in [2.24, 2.45) is 0 Å². The van der Waals surface area contributed by atoms with Crippen LogP contribution in [-0.2, 0) is 6.61 Å². The fraction of sp³-hybridized carbons (Fsp3) is 0.250. The van der Waals surface area contributed by atoms with E-state index in [9.17, 15) is 13.9 Å². The molecular weight excluding hydrogens is 342 g/mol. The van der Waals surface area contributed by atoms with Crippen LogP contribution in [0.15, 0.2) is 40.9 Å². The van der Waals surface area contributed by atoms with Gasteiger partial charge in [-0.1, -0.05) is 25.1 Å². The van der Waals surface area contributed by atoms with Gasteiger partial charge in [-0.15, -0.1) is 0 Å². The summed E-state index contributed by atoms with van der Waals surface area (Å²) < 4.78 is 33.2. The molecule has 0 spiro atoms. The van der Waals surface area contributed by atoms with E-state index >= 15 is 0 Å². The molecule has 2 rings (SSSR count). The average molecular weight is 357 g/mol. The molecule has 5 heteroatoms. The molecule has 0 aliphatic heterocycles. The number of benzene rings is 2. The van der Waals surface area contributed by atoms with Crippen LogP contribution in [0.4, 0.5) is 8.78 Å². The molecule has 0 heterocycles. The average Bonchev–Trinajstić information content (AvgIpc) is 2.50. The molecule has 21 heavy (non-hydrogen) atoms. The number of ether oxygens (including phenoxy) is 1. The van der Waals surface area contributed by atoms with Gasteiger partial charge in [0.25, 0.3) is 0 Å². The van der Waals surface area contributed by atoms with Gasteiger partial charge >= 0.3 is 0 Å². The summed E-state index contributed by atoms with van der Waals surface area (Å²) in [4.78, 5) is 0. The minimum absolute atomic E-state index is 0.148. The maximum absolute atomic E-state index is 13.9. The first kappa shape index (κ1) is 15.9. The van der Waals surface area contributed by atoms with Crippen molar-refractivity contribution < 1.29 is 18.6 Å². The Kier molecular flexibility index (Phi) is 5.31. The summed E-state index contributed by atoms with van der Waals surface area (Å²) in [6.45, 7) is 1.60. The Labute approximate surface area is 130 Å². The number of halogens is 3. The lowest BCUT2D eigenvalue weighted by molar-refractivity contribution is 0.166. The van der Waals surface area contributed by atoms with Crippen LogP contribution in [0.25, 0.3) is 0 Å². The number of aliphatic hydroxyl groups excluding tert-OH is 1. The summed E-state index contributed by atoms with van der Waals surface area (Å²) in [5, 5.41) is 9.92. The zero-order valence-electron chi connectivity index (χ0n) is 11.4. The van der Waals surface area contributed by atoms with Crippen molar-refractivity contribution in [3.8, 4) is 5.75 Å². The Balaban J connectivity index is 2.23. The van der Waals surface area contributed by atoms with Gasteiger partial charge < -0.3 is 9.84 Å². The van der Waals surface area contributed by atoms with E-state index < -0.39 is 17.7 Å². The summed E-state index contributed by atoms with van der Waals surface area (Å²) in [5.74, 6) is -0.918. The van der Waals surface area contributed by atoms with Gasteiger partial charge in [0.05, 0.1) is 16.1 Å². The van der Waals surface area contributed by atoms with Gasteiger partial charge in [0.15, 0.2) is 0 Å². The number of rotatable bonds is 5. The fourth-order valence-electron chi connectivity index (χ4n) is 1.96. The van der Waals surface area contributed by atoms with Gasteiger partial charge in [0.1, 0.15) is 24.0 Å². The Morgan fingerprint density at radius 1 is 1.19 bits per heavy atom. The second-order valence-corrected chi connectivity index (χ2v) is 5.43. The molecule has 0 fully saturated rings. The van der Waals surface area contributed by atoms with Gasteiger partial charge in [0.2, 0.25) is 0 Å². The van der Waals surface area contributed by atoms with Crippen molar-refractivity contribution in [3.05, 3.63) is 63.6 Å². The SMILES string of the molecule is CCC(O)c1ccccc1OCc1c(F)ccc(Br)c1F. The number of hydrogen-bond donors (Lipinski definition) is 1. The maximum Gasteiger partial charge on any atom is 0.146 e. The molecule has 0 aliphatic carbocycles. The number of aliphatic hydroxyl groups is 1. The first-order valence-corrected chi connectivity index (χ1v) is 7.36. The maximum atomic E-state index is 13.9. The Morgan fingerprint density at radius 2 is 1.90 bits per heavy atom. The fourth-order valence-corrected chi connectivity index (χ4v) is 2.33. The van der Waals surface area contributed by atoms with Gasteiger partial charge in [0, 0.05) is 5.56 Å². The van der Waals surface area contributed by atoms with Gasteiger partial charge in [-0.25, -0.2) is 8.78 Å². The molecule has 0 saturated carbocycles. The van der Waals surface area contributed by atoms with Crippen LogP contribution in [0.3, 0.4) is 0 Å². The van der Waals surface area contributed by atoms with E-state index in [2.05, 4.69) is 15.9 Å². The third-order valence-corrected chi connectivity index (χ3v) is 3.79. The molecule has 1 unspecified atom stereocenters. The predicted octanol–water partition coefficient (Wildman–Crippen LogP) is 4.75. The standard InChI is InChI=1S/C16H15BrF2O2/c1-2-14(20)10-5-3-4-6-15(10)21-9-11-13(18)8-7-12(17)16(11)19/h3-8,14,20H,2,9H2,1H3. The largest absolute Gasteiger partial charge is 0.488 e. The highest BCUT2D eigenvalue weighted by atomic mass is 79.9. The molecule has 2 aromatic rings. The second-order valence-electron chi connectivity index (χ2n) is 4.57. The first-order valence-electron chi connectivity index (χ1n) is 6.56. The summed E-state index contributed by atoms with van der Waals surface area (Å²) in [6, 6.07) is 9.41. The molecule has 0 aromatic heterocycles. The third-order valence-electron chi connectivity index (χ3n) is 3.18. The Hall–Kier alpha value is -1.46. The highest BCUT2D eigenvalue weighted by Gasteiger charge is 2.15. The quantitative estimate of drug-likeness (QED) is 0.783. The van der Waals surface area contributed by atoms with Crippen LogP contribution < -0.4 is 4.74 Å². The van der Waals surface area contributed by atoms with Crippen LogP contribution in [0.2, 0.25) is 0 Å². The van der Waals surface area contributed by atoms with E-state index in [1.165, 1.54) is 12.1 Å². The molecule has 2 nitrogen and oxygen atoms in total. The lowest BCUT2D eigenvalue weighted by Gasteiger charge is -2.15. The van der Waals surface area contributed by atoms with Gasteiger partial charge in [-0.05, 0) is 40.5 Å². The van der Waals surface area contributed by atoms with Crippen LogP contribution >= 0.6 is 15.9 Å². The normalized spacial score (nSPS) is 12.2. The van der Waals surface area contributed by atoms with E-state index in [-0.39, 0.29) is 16.6 Å². The lowest BCUT2D eigenvalue weighted by atomic mass is 10.1. The topological polar surface area (TPSA) is 29.5 Å². The second kappa shape index (κ2) is 7.00. The zero-order valence-corrected chi connectivity index (χ0v) is 13.0. The summed E-state index contributed by atoms with van der Waals surface area (Å²) in [5.41, 5.74) is 0.459. The molecular formula is C16H15BrF2O2. The molecule has 0 amide bonds. The van der Waals surface area contributed by atoms with Crippen LogP contribution in [0.1, 0.15) is 30.6 Å². The van der Waals surface area contributed by atoms with E-state index in [4.69, 9.17) is 4.74 Å². The summed E-state index contributed by atoms with van der Waals surface area (Å²) >= 11 is 3.02. The van der Waals surface area contributed by atoms with E-state index in [1.54, 1.807) is 24.3 Å². The lowest BCUT2D eigenvalue weighted by Crippen LogP contribution is -2.05. The van der Waals surface area contributed by atoms with E-state index in [0.717, 1.165) is 0 Å². The van der Waals surface area contributed by atoms with Gasteiger partial charge in [-0.3, -0.25) is 0 Å². The number of para-hydroxylation sites is 1. The molecule has 0 saturated heterocycles. The van der Waals surface area contributed by atoms with Crippen molar-refractivity contribution in [2.45, 2.75) is 26.1 Å².